The van der Waals surface area contributed by atoms with Crippen molar-refractivity contribution in [3.8, 4) is 0 Å². The number of nitrogens with one attached hydrogen (secondary N) is 1. The Morgan fingerprint density at radius 3 is 2.67 bits per heavy atom. The van der Waals surface area contributed by atoms with Crippen LogP contribution in [0.25, 0.3) is 0 Å². The molecule has 0 radical (unpaired) electrons. The second-order valence-electron chi connectivity index (χ2n) is 5.94. The Kier molecular flexibility index (Phi) is 6.49. The minimum absolute atomic E-state index is 0. The van der Waals surface area contributed by atoms with Crippen LogP contribution in [-0.4, -0.2) is 24.2 Å². The number of anilines is 1. The summed E-state index contributed by atoms with van der Waals surface area (Å²) in [6.45, 7) is 2.74. The fraction of sp³-hybridized carbons (Fsp3) is 0.562. The lowest BCUT2D eigenvalue weighted by Crippen LogP contribution is -2.36. The molecular formula is C16H25ClN2O2. The average Bonchev–Trinajstić information content (AvgIpc) is 2.88. The van der Waals surface area contributed by atoms with Crippen LogP contribution in [0.4, 0.5) is 5.69 Å². The Morgan fingerprint density at radius 1 is 1.38 bits per heavy atom. The van der Waals surface area contributed by atoms with E-state index in [4.69, 9.17) is 5.73 Å². The molecule has 1 fully saturated rings. The van der Waals surface area contributed by atoms with Crippen molar-refractivity contribution in [3.05, 3.63) is 29.3 Å². The number of carbonyl (C=O) groups excluding carboxylic acids is 1. The number of nitrogen functional groups attached to an aromatic ring is 1. The highest BCUT2D eigenvalue weighted by atomic mass is 35.5. The molecule has 0 unspecified atom stereocenters. The van der Waals surface area contributed by atoms with Gasteiger partial charge in [-0.15, -0.1) is 12.4 Å². The standard InChI is InChI=1S/C16H24N2O2.ClH/c1-12-4-5-13(17)10-14(12)15(20)18-11-16(8-9-19)6-2-3-7-16;/h4-5,10,19H,2-3,6-9,11,17H2,1H3,(H,18,20);1H. The van der Waals surface area contributed by atoms with Gasteiger partial charge in [0.2, 0.25) is 0 Å². The van der Waals surface area contributed by atoms with E-state index in [9.17, 15) is 9.90 Å². The van der Waals surface area contributed by atoms with Crippen LogP contribution in [0, 0.1) is 12.3 Å². The van der Waals surface area contributed by atoms with E-state index in [0.717, 1.165) is 24.8 Å². The number of rotatable bonds is 5. The SMILES string of the molecule is Cc1ccc(N)cc1C(=O)NCC1(CCO)CCCC1.Cl. The van der Waals surface area contributed by atoms with Crippen LogP contribution in [-0.2, 0) is 0 Å². The molecule has 0 aromatic heterocycles. The Labute approximate surface area is 132 Å². The number of nitrogens with two attached hydrogens (primary N) is 1. The molecule has 0 spiro atoms. The number of carbonyl (C=O) groups is 1. The molecule has 4 N–H and O–H groups in total. The van der Waals surface area contributed by atoms with Crippen molar-refractivity contribution >= 4 is 24.0 Å². The molecule has 2 rings (SSSR count). The first-order valence-corrected chi connectivity index (χ1v) is 7.31. The summed E-state index contributed by atoms with van der Waals surface area (Å²) in [5, 5.41) is 12.3. The van der Waals surface area contributed by atoms with Crippen LogP contribution in [0.3, 0.4) is 0 Å². The van der Waals surface area contributed by atoms with E-state index in [2.05, 4.69) is 5.32 Å². The van der Waals surface area contributed by atoms with Crippen LogP contribution in [0.5, 0.6) is 0 Å². The summed E-state index contributed by atoms with van der Waals surface area (Å²) < 4.78 is 0. The zero-order valence-corrected chi connectivity index (χ0v) is 13.3. The number of hydrogen-bond acceptors (Lipinski definition) is 3. The molecule has 0 atom stereocenters. The van der Waals surface area contributed by atoms with Crippen molar-refractivity contribution in [2.45, 2.75) is 39.0 Å². The quantitative estimate of drug-likeness (QED) is 0.732. The molecule has 0 saturated heterocycles. The largest absolute Gasteiger partial charge is 0.399 e. The Balaban J connectivity index is 0.00000220. The zero-order chi connectivity index (χ0) is 14.6. The summed E-state index contributed by atoms with van der Waals surface area (Å²) in [5.74, 6) is -0.0704. The molecule has 5 heteroatoms. The van der Waals surface area contributed by atoms with Gasteiger partial charge < -0.3 is 16.2 Å². The summed E-state index contributed by atoms with van der Waals surface area (Å²) in [6.07, 6.45) is 5.32. The second-order valence-corrected chi connectivity index (χ2v) is 5.94. The summed E-state index contributed by atoms with van der Waals surface area (Å²) in [7, 11) is 0. The molecule has 1 aliphatic rings. The fourth-order valence-corrected chi connectivity index (χ4v) is 3.12. The lowest BCUT2D eigenvalue weighted by atomic mass is 9.83. The van der Waals surface area contributed by atoms with E-state index >= 15 is 0 Å². The minimum atomic E-state index is -0.0704. The van der Waals surface area contributed by atoms with Gasteiger partial charge in [-0.05, 0) is 49.3 Å². The predicted octanol–water partition coefficient (Wildman–Crippen LogP) is 2.67. The number of halogens is 1. The second kappa shape index (κ2) is 7.66. The van der Waals surface area contributed by atoms with Gasteiger partial charge >= 0.3 is 0 Å². The maximum Gasteiger partial charge on any atom is 0.251 e. The third kappa shape index (κ3) is 4.35. The highest BCUT2D eigenvalue weighted by Crippen LogP contribution is 2.40. The lowest BCUT2D eigenvalue weighted by molar-refractivity contribution is 0.0916. The van der Waals surface area contributed by atoms with Crippen LogP contribution in [0.2, 0.25) is 0 Å². The molecule has 1 aromatic carbocycles. The van der Waals surface area contributed by atoms with Crippen molar-refractivity contribution in [3.63, 3.8) is 0 Å². The number of aliphatic hydroxyl groups excluding tert-OH is 1. The predicted molar refractivity (Wildman–Crippen MR) is 87.8 cm³/mol. The topological polar surface area (TPSA) is 75.4 Å². The molecule has 1 amide bonds. The Morgan fingerprint density at radius 2 is 2.05 bits per heavy atom. The highest BCUT2D eigenvalue weighted by molar-refractivity contribution is 5.96. The molecule has 1 aliphatic carbocycles. The summed E-state index contributed by atoms with van der Waals surface area (Å²) in [6, 6.07) is 5.39. The first-order chi connectivity index (χ1) is 9.56. The van der Waals surface area contributed by atoms with Crippen molar-refractivity contribution < 1.29 is 9.90 Å². The summed E-state index contributed by atoms with van der Waals surface area (Å²) in [5.41, 5.74) is 8.00. The smallest absolute Gasteiger partial charge is 0.251 e. The van der Waals surface area contributed by atoms with Gasteiger partial charge in [-0.3, -0.25) is 4.79 Å². The van der Waals surface area contributed by atoms with E-state index in [1.165, 1.54) is 12.8 Å². The van der Waals surface area contributed by atoms with E-state index < -0.39 is 0 Å². The third-order valence-electron chi connectivity index (χ3n) is 4.44. The number of benzene rings is 1. The van der Waals surface area contributed by atoms with Gasteiger partial charge in [0.15, 0.2) is 0 Å². The maximum atomic E-state index is 12.3. The van der Waals surface area contributed by atoms with Crippen LogP contribution < -0.4 is 11.1 Å². The van der Waals surface area contributed by atoms with Gasteiger partial charge in [0.05, 0.1) is 0 Å². The molecule has 1 saturated carbocycles. The van der Waals surface area contributed by atoms with Gasteiger partial charge in [0, 0.05) is 24.4 Å². The van der Waals surface area contributed by atoms with Crippen molar-refractivity contribution in [2.24, 2.45) is 5.41 Å². The molecule has 118 valence electrons. The number of aryl methyl sites for hydroxylation is 1. The molecule has 0 heterocycles. The number of amides is 1. The van der Waals surface area contributed by atoms with E-state index in [-0.39, 0.29) is 30.3 Å². The number of aliphatic hydroxyl groups is 1. The Bertz CT molecular complexity index is 485. The van der Waals surface area contributed by atoms with Crippen molar-refractivity contribution in [2.75, 3.05) is 18.9 Å². The lowest BCUT2D eigenvalue weighted by Gasteiger charge is -2.28. The summed E-state index contributed by atoms with van der Waals surface area (Å²) in [4.78, 5) is 12.3. The van der Waals surface area contributed by atoms with E-state index in [1.54, 1.807) is 12.1 Å². The fourth-order valence-electron chi connectivity index (χ4n) is 3.12. The normalized spacial score (nSPS) is 16.3. The van der Waals surface area contributed by atoms with Crippen LogP contribution >= 0.6 is 12.4 Å². The third-order valence-corrected chi connectivity index (χ3v) is 4.44. The molecule has 1 aromatic rings. The first-order valence-electron chi connectivity index (χ1n) is 7.31. The molecular weight excluding hydrogens is 288 g/mol. The minimum Gasteiger partial charge on any atom is -0.399 e. The van der Waals surface area contributed by atoms with Gasteiger partial charge in [0.1, 0.15) is 0 Å². The molecule has 21 heavy (non-hydrogen) atoms. The maximum absolute atomic E-state index is 12.3. The zero-order valence-electron chi connectivity index (χ0n) is 12.5. The van der Waals surface area contributed by atoms with Gasteiger partial charge in [-0.2, -0.15) is 0 Å². The molecule has 4 nitrogen and oxygen atoms in total. The van der Waals surface area contributed by atoms with Gasteiger partial charge in [-0.25, -0.2) is 0 Å². The van der Waals surface area contributed by atoms with Crippen LogP contribution in [0.15, 0.2) is 18.2 Å². The first kappa shape index (κ1) is 17.8. The average molecular weight is 313 g/mol. The van der Waals surface area contributed by atoms with Gasteiger partial charge in [-0.1, -0.05) is 18.9 Å². The van der Waals surface area contributed by atoms with Crippen LogP contribution in [0.1, 0.15) is 48.0 Å². The monoisotopic (exact) mass is 312 g/mol. The molecule has 0 bridgehead atoms. The van der Waals surface area contributed by atoms with E-state index in [1.807, 2.05) is 13.0 Å². The molecule has 0 aliphatic heterocycles. The van der Waals surface area contributed by atoms with E-state index in [0.29, 0.717) is 17.8 Å². The number of hydrogen-bond donors (Lipinski definition) is 3. The van der Waals surface area contributed by atoms with Gasteiger partial charge in [0.25, 0.3) is 5.91 Å². The summed E-state index contributed by atoms with van der Waals surface area (Å²) >= 11 is 0. The highest BCUT2D eigenvalue weighted by Gasteiger charge is 2.33. The Hall–Kier alpha value is -1.26. The van der Waals surface area contributed by atoms with Crippen molar-refractivity contribution in [1.29, 1.82) is 0 Å². The van der Waals surface area contributed by atoms with Crippen molar-refractivity contribution in [1.82, 2.24) is 5.32 Å².